The van der Waals surface area contributed by atoms with Crippen molar-refractivity contribution in [1.29, 1.82) is 0 Å². The second-order valence-corrected chi connectivity index (χ2v) is 6.72. The van der Waals surface area contributed by atoms with Crippen molar-refractivity contribution in [3.05, 3.63) is 124 Å². The minimum absolute atomic E-state index is 0.142. The Balaban J connectivity index is 1.91. The highest BCUT2D eigenvalue weighted by Gasteiger charge is 2.20. The van der Waals surface area contributed by atoms with Crippen molar-refractivity contribution >= 4 is 11.5 Å². The normalized spacial score (nSPS) is 12.2. The molecule has 29 heavy (non-hydrogen) atoms. The molecule has 3 rings (SSSR count). The van der Waals surface area contributed by atoms with Crippen molar-refractivity contribution in [3.8, 4) is 0 Å². The van der Waals surface area contributed by atoms with Gasteiger partial charge >= 0.3 is 0 Å². The monoisotopic (exact) mass is 386 g/mol. The SMILES string of the molecule is O=C(/C=C(/CC(C[N+](=O)[O-])c1ccccc1)Nc1ccccc1)c1ccccc1. The second kappa shape index (κ2) is 9.99. The highest BCUT2D eigenvalue weighted by Crippen LogP contribution is 2.25. The van der Waals surface area contributed by atoms with Gasteiger partial charge in [-0.2, -0.15) is 0 Å². The van der Waals surface area contributed by atoms with Crippen LogP contribution in [0.4, 0.5) is 5.69 Å². The van der Waals surface area contributed by atoms with Crippen LogP contribution in [0.3, 0.4) is 0 Å². The van der Waals surface area contributed by atoms with Gasteiger partial charge in [0.05, 0.1) is 5.92 Å². The fourth-order valence-corrected chi connectivity index (χ4v) is 3.16. The minimum Gasteiger partial charge on any atom is -0.359 e. The molecule has 1 unspecified atom stereocenters. The van der Waals surface area contributed by atoms with E-state index in [2.05, 4.69) is 5.32 Å². The molecule has 0 bridgehead atoms. The van der Waals surface area contributed by atoms with E-state index in [-0.39, 0.29) is 23.2 Å². The molecule has 3 aromatic carbocycles. The number of hydrogen-bond donors (Lipinski definition) is 1. The number of carbonyl (C=O) groups excluding carboxylic acids is 1. The predicted molar refractivity (Wildman–Crippen MR) is 115 cm³/mol. The molecule has 0 radical (unpaired) electrons. The largest absolute Gasteiger partial charge is 0.359 e. The minimum atomic E-state index is -0.350. The summed E-state index contributed by atoms with van der Waals surface area (Å²) in [7, 11) is 0. The molecule has 146 valence electrons. The Bertz CT molecular complexity index is 971. The summed E-state index contributed by atoms with van der Waals surface area (Å²) in [5.74, 6) is -0.491. The van der Waals surface area contributed by atoms with Gasteiger partial charge in [0.1, 0.15) is 0 Å². The first-order valence-electron chi connectivity index (χ1n) is 9.40. The van der Waals surface area contributed by atoms with E-state index < -0.39 is 0 Å². The van der Waals surface area contributed by atoms with E-state index in [1.165, 1.54) is 6.08 Å². The first-order valence-corrected chi connectivity index (χ1v) is 9.40. The van der Waals surface area contributed by atoms with Crippen LogP contribution in [0.2, 0.25) is 0 Å². The van der Waals surface area contributed by atoms with Gasteiger partial charge in [-0.05, 0) is 17.7 Å². The van der Waals surface area contributed by atoms with Crippen molar-refractivity contribution in [2.75, 3.05) is 11.9 Å². The Labute approximate surface area is 169 Å². The summed E-state index contributed by atoms with van der Waals surface area (Å²) in [4.78, 5) is 23.7. The lowest BCUT2D eigenvalue weighted by Crippen LogP contribution is -2.16. The molecule has 0 saturated carbocycles. The van der Waals surface area contributed by atoms with E-state index in [4.69, 9.17) is 0 Å². The summed E-state index contributed by atoms with van der Waals surface area (Å²) in [5.41, 5.74) is 2.91. The third kappa shape index (κ3) is 6.14. The van der Waals surface area contributed by atoms with Gasteiger partial charge < -0.3 is 5.32 Å². The molecular formula is C24H22N2O3. The number of nitrogens with zero attached hydrogens (tertiary/aromatic N) is 1. The zero-order valence-corrected chi connectivity index (χ0v) is 15.9. The van der Waals surface area contributed by atoms with Crippen LogP contribution in [0.15, 0.2) is 103 Å². The van der Waals surface area contributed by atoms with Gasteiger partial charge in [-0.15, -0.1) is 0 Å². The van der Waals surface area contributed by atoms with Crippen molar-refractivity contribution < 1.29 is 9.72 Å². The number of nitrogens with one attached hydrogen (secondary N) is 1. The van der Waals surface area contributed by atoms with Crippen LogP contribution in [0, 0.1) is 10.1 Å². The van der Waals surface area contributed by atoms with Gasteiger partial charge in [-0.1, -0.05) is 78.9 Å². The third-order valence-electron chi connectivity index (χ3n) is 4.55. The fraction of sp³-hybridized carbons (Fsp3) is 0.125. The average molecular weight is 386 g/mol. The maximum atomic E-state index is 12.7. The summed E-state index contributed by atoms with van der Waals surface area (Å²) >= 11 is 0. The van der Waals surface area contributed by atoms with Crippen LogP contribution >= 0.6 is 0 Å². The summed E-state index contributed by atoms with van der Waals surface area (Å²) in [6.45, 7) is -0.211. The zero-order valence-electron chi connectivity index (χ0n) is 15.9. The van der Waals surface area contributed by atoms with Gasteiger partial charge in [0, 0.05) is 34.4 Å². The lowest BCUT2D eigenvalue weighted by molar-refractivity contribution is -0.483. The molecule has 0 aliphatic carbocycles. The van der Waals surface area contributed by atoms with E-state index >= 15 is 0 Å². The Kier molecular flexibility index (Phi) is 6.90. The van der Waals surface area contributed by atoms with Crippen molar-refractivity contribution in [2.24, 2.45) is 0 Å². The van der Waals surface area contributed by atoms with E-state index in [1.807, 2.05) is 78.9 Å². The highest BCUT2D eigenvalue weighted by atomic mass is 16.6. The Hall–Kier alpha value is -3.73. The molecular weight excluding hydrogens is 364 g/mol. The summed E-state index contributed by atoms with van der Waals surface area (Å²) in [6, 6.07) is 27.8. The van der Waals surface area contributed by atoms with E-state index in [0.717, 1.165) is 11.3 Å². The molecule has 0 aliphatic heterocycles. The van der Waals surface area contributed by atoms with Gasteiger partial charge in [-0.3, -0.25) is 14.9 Å². The number of carbonyl (C=O) groups is 1. The number of allylic oxidation sites excluding steroid dienone is 2. The summed E-state index contributed by atoms with van der Waals surface area (Å²) in [6.07, 6.45) is 1.89. The fourth-order valence-electron chi connectivity index (χ4n) is 3.16. The van der Waals surface area contributed by atoms with Crippen molar-refractivity contribution in [1.82, 2.24) is 0 Å². The highest BCUT2D eigenvalue weighted by molar-refractivity contribution is 6.05. The summed E-state index contributed by atoms with van der Waals surface area (Å²) in [5, 5.41) is 14.5. The molecule has 0 spiro atoms. The van der Waals surface area contributed by atoms with E-state index in [0.29, 0.717) is 17.7 Å². The molecule has 1 atom stereocenters. The van der Waals surface area contributed by atoms with Crippen molar-refractivity contribution in [3.63, 3.8) is 0 Å². The molecule has 0 aromatic heterocycles. The van der Waals surface area contributed by atoms with Crippen LogP contribution in [-0.4, -0.2) is 17.3 Å². The lowest BCUT2D eigenvalue weighted by Gasteiger charge is -2.17. The van der Waals surface area contributed by atoms with Crippen LogP contribution in [0.1, 0.15) is 28.3 Å². The molecule has 0 aliphatic rings. The number of nitro groups is 1. The van der Waals surface area contributed by atoms with Crippen LogP contribution < -0.4 is 5.32 Å². The van der Waals surface area contributed by atoms with Crippen molar-refractivity contribution in [2.45, 2.75) is 12.3 Å². The molecule has 3 aromatic rings. The van der Waals surface area contributed by atoms with Gasteiger partial charge in [0.15, 0.2) is 5.78 Å². The van der Waals surface area contributed by atoms with Crippen LogP contribution in [0.25, 0.3) is 0 Å². The number of ketones is 1. The maximum absolute atomic E-state index is 12.7. The number of rotatable bonds is 9. The molecule has 0 amide bonds. The number of para-hydroxylation sites is 1. The molecule has 5 nitrogen and oxygen atoms in total. The average Bonchev–Trinajstić information content (AvgIpc) is 2.75. The Morgan fingerprint density at radius 2 is 1.45 bits per heavy atom. The first-order chi connectivity index (χ1) is 14.1. The number of hydrogen-bond acceptors (Lipinski definition) is 4. The standard InChI is InChI=1S/C24H22N2O3/c27-24(20-12-6-2-7-13-20)17-23(25-22-14-8-3-9-15-22)16-21(18-26(28)29)19-10-4-1-5-11-19/h1-15,17,21,25H,16,18H2/b23-17-. The Morgan fingerprint density at radius 1 is 0.897 bits per heavy atom. The third-order valence-corrected chi connectivity index (χ3v) is 4.55. The molecule has 0 fully saturated rings. The Morgan fingerprint density at radius 3 is 2.03 bits per heavy atom. The topological polar surface area (TPSA) is 72.2 Å². The van der Waals surface area contributed by atoms with Crippen LogP contribution in [-0.2, 0) is 0 Å². The second-order valence-electron chi connectivity index (χ2n) is 6.72. The maximum Gasteiger partial charge on any atom is 0.211 e. The zero-order chi connectivity index (χ0) is 20.5. The van der Waals surface area contributed by atoms with E-state index in [1.54, 1.807) is 12.1 Å². The van der Waals surface area contributed by atoms with Gasteiger partial charge in [0.25, 0.3) is 0 Å². The summed E-state index contributed by atoms with van der Waals surface area (Å²) < 4.78 is 0. The molecule has 5 heteroatoms. The van der Waals surface area contributed by atoms with Gasteiger partial charge in [0.2, 0.25) is 6.54 Å². The van der Waals surface area contributed by atoms with E-state index in [9.17, 15) is 14.9 Å². The molecule has 0 saturated heterocycles. The lowest BCUT2D eigenvalue weighted by atomic mass is 9.93. The van der Waals surface area contributed by atoms with Crippen LogP contribution in [0.5, 0.6) is 0 Å². The quantitative estimate of drug-likeness (QED) is 0.234. The van der Waals surface area contributed by atoms with Gasteiger partial charge in [-0.25, -0.2) is 0 Å². The first kappa shape index (κ1) is 20.0. The smallest absolute Gasteiger partial charge is 0.211 e. The number of benzene rings is 3. The number of anilines is 1. The molecule has 1 N–H and O–H groups in total. The molecule has 0 heterocycles. The predicted octanol–water partition coefficient (Wildman–Crippen LogP) is 5.32.